The number of hydrogen-bond donors (Lipinski definition) is 2. The summed E-state index contributed by atoms with van der Waals surface area (Å²) in [5.74, 6) is -4.84. The molecule has 3 fully saturated rings. The molecule has 5 rings (SSSR count). The monoisotopic (exact) mass is 556 g/mol. The van der Waals surface area contributed by atoms with Crippen LogP contribution in [0.5, 0.6) is 11.5 Å². The van der Waals surface area contributed by atoms with Gasteiger partial charge in [0, 0.05) is 5.92 Å². The minimum Gasteiger partial charge on any atom is -0.504 e. The van der Waals surface area contributed by atoms with E-state index < -0.39 is 51.1 Å². The van der Waals surface area contributed by atoms with Crippen molar-refractivity contribution in [3.8, 4) is 11.5 Å². The third kappa shape index (κ3) is 2.76. The van der Waals surface area contributed by atoms with Gasteiger partial charge in [-0.1, -0.05) is 33.6 Å². The van der Waals surface area contributed by atoms with Crippen LogP contribution in [0.15, 0.2) is 29.8 Å². The summed E-state index contributed by atoms with van der Waals surface area (Å²) in [5.41, 5.74) is 1.02. The van der Waals surface area contributed by atoms with Gasteiger partial charge in [-0.15, -0.1) is 23.2 Å². The van der Waals surface area contributed by atoms with Crippen LogP contribution in [0.2, 0.25) is 0 Å². The van der Waals surface area contributed by atoms with E-state index in [-0.39, 0.29) is 29.3 Å². The van der Waals surface area contributed by atoms with Gasteiger partial charge < -0.3 is 9.84 Å². The fourth-order valence-electron chi connectivity index (χ4n) is 5.92. The molecule has 4 amide bonds. The Kier molecular flexibility index (Phi) is 5.12. The number of phenolic OH excluding ortho intramolecular Hbond substituents is 1. The highest BCUT2D eigenvalue weighted by Gasteiger charge is 2.76. The lowest BCUT2D eigenvalue weighted by atomic mass is 9.56. The van der Waals surface area contributed by atoms with Crippen molar-refractivity contribution in [1.82, 2.24) is 10.2 Å². The fraction of sp³-hybridized carbons (Fsp3) is 0.455. The van der Waals surface area contributed by atoms with Gasteiger partial charge >= 0.3 is 0 Å². The third-order valence-electron chi connectivity index (χ3n) is 7.39. The number of benzene rings is 1. The van der Waals surface area contributed by atoms with Gasteiger partial charge in [0.25, 0.3) is 11.8 Å². The highest BCUT2D eigenvalue weighted by molar-refractivity contribution is 9.09. The SMILES string of the molecule is COc1ccc([C@H]2C3=CC[C@@H]4C(=O)NC(=O)[C@@H]4[C@@H]3C[C@@]3(Cl)C(=O)N(CBr)C(=O)[C@@]23Cl)cc1O. The van der Waals surface area contributed by atoms with Gasteiger partial charge in [-0.2, -0.15) is 0 Å². The Bertz CT molecular complexity index is 1160. The van der Waals surface area contributed by atoms with Crippen molar-refractivity contribution in [3.05, 3.63) is 35.4 Å². The smallest absolute Gasteiger partial charge is 0.254 e. The van der Waals surface area contributed by atoms with Crippen molar-refractivity contribution >= 4 is 62.8 Å². The number of fused-ring (bicyclic) bond motifs is 4. The first-order chi connectivity index (χ1) is 15.6. The minimum atomic E-state index is -1.89. The van der Waals surface area contributed by atoms with E-state index in [0.717, 1.165) is 4.90 Å². The van der Waals surface area contributed by atoms with E-state index in [1.165, 1.54) is 19.2 Å². The van der Waals surface area contributed by atoms with Crippen LogP contribution in [0.1, 0.15) is 24.3 Å². The number of carbonyl (C=O) groups excluding carboxylic acids is 4. The molecular weight excluding hydrogens is 539 g/mol. The van der Waals surface area contributed by atoms with Crippen LogP contribution in [0, 0.1) is 17.8 Å². The summed E-state index contributed by atoms with van der Waals surface area (Å²) in [6.45, 7) is 0. The number of hydrogen-bond acceptors (Lipinski definition) is 6. The average molecular weight is 558 g/mol. The van der Waals surface area contributed by atoms with Gasteiger partial charge in [0.15, 0.2) is 21.2 Å². The zero-order chi connectivity index (χ0) is 23.9. The second kappa shape index (κ2) is 7.45. The van der Waals surface area contributed by atoms with Crippen LogP contribution in [0.25, 0.3) is 0 Å². The maximum atomic E-state index is 13.5. The molecule has 0 aromatic heterocycles. The third-order valence-corrected chi connectivity index (χ3v) is 9.31. The first kappa shape index (κ1) is 22.7. The second-order valence-electron chi connectivity index (χ2n) is 8.77. The van der Waals surface area contributed by atoms with E-state index in [0.29, 0.717) is 17.6 Å². The molecule has 1 aromatic rings. The first-order valence-electron chi connectivity index (χ1n) is 10.3. The summed E-state index contributed by atoms with van der Waals surface area (Å²) in [5, 5.41) is 12.8. The van der Waals surface area contributed by atoms with Gasteiger partial charge in [-0.05, 0) is 36.5 Å². The van der Waals surface area contributed by atoms with E-state index in [1.54, 1.807) is 6.07 Å². The molecule has 11 heteroatoms. The van der Waals surface area contributed by atoms with Crippen molar-refractivity contribution in [2.24, 2.45) is 17.8 Å². The molecule has 0 unspecified atom stereocenters. The van der Waals surface area contributed by atoms with Gasteiger partial charge in [-0.3, -0.25) is 29.4 Å². The number of alkyl halides is 3. The molecule has 0 radical (unpaired) electrons. The zero-order valence-electron chi connectivity index (χ0n) is 17.3. The molecule has 2 aliphatic carbocycles. The maximum Gasteiger partial charge on any atom is 0.254 e. The number of phenols is 1. The Hall–Kier alpha value is -2.10. The molecule has 33 heavy (non-hydrogen) atoms. The van der Waals surface area contributed by atoms with E-state index >= 15 is 0 Å². The summed E-state index contributed by atoms with van der Waals surface area (Å²) in [7, 11) is 1.41. The maximum absolute atomic E-state index is 13.5. The lowest BCUT2D eigenvalue weighted by molar-refractivity contribution is -0.138. The van der Waals surface area contributed by atoms with Crippen LogP contribution in [-0.2, 0) is 19.2 Å². The molecule has 0 spiro atoms. The number of imide groups is 2. The molecule has 2 N–H and O–H groups in total. The molecule has 0 bridgehead atoms. The van der Waals surface area contributed by atoms with Crippen molar-refractivity contribution in [1.29, 1.82) is 0 Å². The number of methoxy groups -OCH3 is 1. The highest BCUT2D eigenvalue weighted by atomic mass is 79.9. The van der Waals surface area contributed by atoms with Gasteiger partial charge in [-0.25, -0.2) is 0 Å². The summed E-state index contributed by atoms with van der Waals surface area (Å²) in [6.07, 6.45) is 2.04. The number of aromatic hydroxyl groups is 1. The lowest BCUT2D eigenvalue weighted by Crippen LogP contribution is -2.60. The summed E-state index contributed by atoms with van der Waals surface area (Å²) in [6, 6.07) is 4.61. The predicted octanol–water partition coefficient (Wildman–Crippen LogP) is 2.40. The standard InChI is InChI=1S/C22H19BrCl2N2O6/c1-33-14-5-2-9(6-13(14)28)16-10-3-4-11-15(18(30)26-17(11)29)12(10)7-21(24)19(31)27(8-23)20(32)22(16,21)25/h2-3,5-6,11-12,15-16,28H,4,7-8H2,1H3,(H,26,29,30)/t11-,12+,15-,16-,21+,22-/m0/s1. The van der Waals surface area contributed by atoms with Crippen LogP contribution in [0.3, 0.4) is 0 Å². The van der Waals surface area contributed by atoms with Crippen molar-refractivity contribution < 1.29 is 29.0 Å². The number of rotatable bonds is 3. The van der Waals surface area contributed by atoms with Crippen LogP contribution >= 0.6 is 39.1 Å². The Labute approximate surface area is 207 Å². The number of carbonyl (C=O) groups is 4. The molecule has 6 atom stereocenters. The summed E-state index contributed by atoms with van der Waals surface area (Å²) >= 11 is 17.2. The molecule has 1 saturated carbocycles. The molecule has 2 aliphatic heterocycles. The summed E-state index contributed by atoms with van der Waals surface area (Å²) < 4.78 is 5.13. The van der Waals surface area contributed by atoms with E-state index in [2.05, 4.69) is 21.2 Å². The average Bonchev–Trinajstić information content (AvgIpc) is 3.15. The fourth-order valence-corrected chi connectivity index (χ4v) is 7.35. The molecular formula is C22H19BrCl2N2O6. The highest BCUT2D eigenvalue weighted by Crippen LogP contribution is 2.65. The molecule has 174 valence electrons. The van der Waals surface area contributed by atoms with Crippen molar-refractivity contribution in [2.75, 3.05) is 12.6 Å². The second-order valence-corrected chi connectivity index (χ2v) is 10.5. The Balaban J connectivity index is 1.75. The number of amides is 4. The normalized spacial score (nSPS) is 37.3. The number of ether oxygens (including phenoxy) is 1. The predicted molar refractivity (Wildman–Crippen MR) is 121 cm³/mol. The molecule has 2 heterocycles. The van der Waals surface area contributed by atoms with E-state index in [9.17, 15) is 24.3 Å². The van der Waals surface area contributed by atoms with Gasteiger partial charge in [0.2, 0.25) is 11.8 Å². The quantitative estimate of drug-likeness (QED) is 0.255. The Morgan fingerprint density at radius 1 is 1.18 bits per heavy atom. The zero-order valence-corrected chi connectivity index (χ0v) is 20.4. The topological polar surface area (TPSA) is 113 Å². The summed E-state index contributed by atoms with van der Waals surface area (Å²) in [4.78, 5) is 49.2. The lowest BCUT2D eigenvalue weighted by Gasteiger charge is -2.50. The number of halogens is 3. The van der Waals surface area contributed by atoms with Crippen LogP contribution in [0.4, 0.5) is 0 Å². The Morgan fingerprint density at radius 2 is 1.91 bits per heavy atom. The minimum absolute atomic E-state index is 0.0710. The van der Waals surface area contributed by atoms with Gasteiger partial charge in [0.1, 0.15) is 0 Å². The van der Waals surface area contributed by atoms with Crippen molar-refractivity contribution in [3.63, 3.8) is 0 Å². The first-order valence-corrected chi connectivity index (χ1v) is 12.2. The number of likely N-dealkylation sites (tertiary alicyclic amines) is 1. The van der Waals surface area contributed by atoms with E-state index in [1.807, 2.05) is 6.08 Å². The molecule has 8 nitrogen and oxygen atoms in total. The Morgan fingerprint density at radius 3 is 2.55 bits per heavy atom. The molecule has 4 aliphatic rings. The number of nitrogens with zero attached hydrogens (tertiary/aromatic N) is 1. The van der Waals surface area contributed by atoms with Gasteiger partial charge in [0.05, 0.1) is 24.4 Å². The number of nitrogens with one attached hydrogen (secondary N) is 1. The molecule has 1 aromatic carbocycles. The van der Waals surface area contributed by atoms with Crippen LogP contribution in [-0.4, -0.2) is 55.9 Å². The molecule has 2 saturated heterocycles. The number of allylic oxidation sites excluding steroid dienone is 2. The van der Waals surface area contributed by atoms with Crippen molar-refractivity contribution in [2.45, 2.75) is 28.5 Å². The van der Waals surface area contributed by atoms with E-state index in [4.69, 9.17) is 27.9 Å². The largest absolute Gasteiger partial charge is 0.504 e. The van der Waals surface area contributed by atoms with Crippen LogP contribution < -0.4 is 10.1 Å².